The van der Waals surface area contributed by atoms with Crippen LogP contribution in [0.1, 0.15) is 53.6 Å². The van der Waals surface area contributed by atoms with Crippen molar-refractivity contribution >= 4 is 40.4 Å². The quantitative estimate of drug-likeness (QED) is 0.694. The molecule has 2 amide bonds. The third kappa shape index (κ3) is 5.87. The van der Waals surface area contributed by atoms with Crippen LogP contribution in [0.3, 0.4) is 0 Å². The Morgan fingerprint density at radius 3 is 2.52 bits per heavy atom. The van der Waals surface area contributed by atoms with Gasteiger partial charge in [0.2, 0.25) is 0 Å². The van der Waals surface area contributed by atoms with Crippen LogP contribution in [0.4, 0.5) is 5.69 Å². The summed E-state index contributed by atoms with van der Waals surface area (Å²) in [5.41, 5.74) is 0.907. The first-order chi connectivity index (χ1) is 11.9. The highest BCUT2D eigenvalue weighted by molar-refractivity contribution is 7.12. The van der Waals surface area contributed by atoms with Gasteiger partial charge in [0.25, 0.3) is 11.8 Å². The summed E-state index contributed by atoms with van der Waals surface area (Å²) in [6.07, 6.45) is 1.99. The zero-order valence-corrected chi connectivity index (χ0v) is 16.2. The van der Waals surface area contributed by atoms with Crippen molar-refractivity contribution in [1.82, 2.24) is 5.32 Å². The third-order valence-corrected chi connectivity index (χ3v) is 4.97. The highest BCUT2D eigenvalue weighted by Crippen LogP contribution is 2.24. The predicted molar refractivity (Wildman–Crippen MR) is 105 cm³/mol. The van der Waals surface area contributed by atoms with E-state index in [0.29, 0.717) is 27.1 Å². The summed E-state index contributed by atoms with van der Waals surface area (Å²) in [4.78, 5) is 25.2. The fraction of sp³-hybridized carbons (Fsp3) is 0.368. The Labute approximate surface area is 157 Å². The molecule has 4 nitrogen and oxygen atoms in total. The summed E-state index contributed by atoms with van der Waals surface area (Å²) in [6.45, 7) is 6.32. The Morgan fingerprint density at radius 2 is 1.88 bits per heavy atom. The van der Waals surface area contributed by atoms with Gasteiger partial charge in [-0.05, 0) is 55.3 Å². The maximum atomic E-state index is 12.4. The molecule has 0 radical (unpaired) electrons. The minimum absolute atomic E-state index is 0.0923. The van der Waals surface area contributed by atoms with E-state index in [9.17, 15) is 9.59 Å². The number of anilines is 1. The number of hydrogen-bond acceptors (Lipinski definition) is 3. The lowest BCUT2D eigenvalue weighted by molar-refractivity contribution is 0.0936. The molecule has 25 heavy (non-hydrogen) atoms. The molecular formula is C19H23ClN2O2S. The van der Waals surface area contributed by atoms with Gasteiger partial charge in [0.1, 0.15) is 0 Å². The minimum Gasteiger partial charge on any atom is -0.350 e. The lowest BCUT2D eigenvalue weighted by Crippen LogP contribution is -2.32. The molecule has 0 aliphatic heterocycles. The van der Waals surface area contributed by atoms with Gasteiger partial charge in [-0.2, -0.15) is 0 Å². The number of rotatable bonds is 7. The topological polar surface area (TPSA) is 58.2 Å². The number of amides is 2. The number of benzene rings is 1. The van der Waals surface area contributed by atoms with Gasteiger partial charge >= 0.3 is 0 Å². The number of hydrogen-bond donors (Lipinski definition) is 2. The molecule has 134 valence electrons. The molecule has 2 N–H and O–H groups in total. The monoisotopic (exact) mass is 378 g/mol. The SMILES string of the molecule is CC(C)CCC(C)NC(=O)c1ccc(Cl)c(NC(=O)c2cccs2)c1. The maximum Gasteiger partial charge on any atom is 0.265 e. The summed E-state index contributed by atoms with van der Waals surface area (Å²) in [7, 11) is 0. The first-order valence-electron chi connectivity index (χ1n) is 8.32. The lowest BCUT2D eigenvalue weighted by Gasteiger charge is -2.16. The van der Waals surface area contributed by atoms with E-state index in [4.69, 9.17) is 11.6 Å². The smallest absolute Gasteiger partial charge is 0.265 e. The van der Waals surface area contributed by atoms with Gasteiger partial charge in [0.05, 0.1) is 15.6 Å². The molecule has 1 unspecified atom stereocenters. The third-order valence-electron chi connectivity index (χ3n) is 3.78. The highest BCUT2D eigenvalue weighted by atomic mass is 35.5. The van der Waals surface area contributed by atoms with E-state index in [2.05, 4.69) is 24.5 Å². The van der Waals surface area contributed by atoms with E-state index in [-0.39, 0.29) is 17.9 Å². The van der Waals surface area contributed by atoms with Crippen LogP contribution < -0.4 is 10.6 Å². The molecule has 2 rings (SSSR count). The molecule has 0 fully saturated rings. The van der Waals surface area contributed by atoms with Crippen molar-refractivity contribution < 1.29 is 9.59 Å². The van der Waals surface area contributed by atoms with Crippen LogP contribution in [0.25, 0.3) is 0 Å². The number of halogens is 1. The normalized spacial score (nSPS) is 12.0. The van der Waals surface area contributed by atoms with Gasteiger partial charge in [0.15, 0.2) is 0 Å². The molecule has 0 saturated carbocycles. The summed E-state index contributed by atoms with van der Waals surface area (Å²) in [6, 6.07) is 8.53. The van der Waals surface area contributed by atoms with Crippen LogP contribution in [0.2, 0.25) is 5.02 Å². The van der Waals surface area contributed by atoms with Crippen LogP contribution in [-0.4, -0.2) is 17.9 Å². The molecule has 6 heteroatoms. The van der Waals surface area contributed by atoms with Crippen LogP contribution in [0.5, 0.6) is 0 Å². The lowest BCUT2D eigenvalue weighted by atomic mass is 10.0. The molecule has 0 saturated heterocycles. The van der Waals surface area contributed by atoms with Gasteiger partial charge < -0.3 is 10.6 Å². The van der Waals surface area contributed by atoms with Gasteiger partial charge in [-0.1, -0.05) is 31.5 Å². The molecule has 1 aromatic carbocycles. The van der Waals surface area contributed by atoms with Crippen LogP contribution >= 0.6 is 22.9 Å². The largest absolute Gasteiger partial charge is 0.350 e. The molecular weight excluding hydrogens is 356 g/mol. The van der Waals surface area contributed by atoms with Gasteiger partial charge in [-0.25, -0.2) is 0 Å². The summed E-state index contributed by atoms with van der Waals surface area (Å²) in [5.74, 6) is 0.202. The first kappa shape index (κ1) is 19.5. The van der Waals surface area contributed by atoms with E-state index < -0.39 is 0 Å². The molecule has 0 bridgehead atoms. The van der Waals surface area contributed by atoms with Crippen molar-refractivity contribution in [3.8, 4) is 0 Å². The summed E-state index contributed by atoms with van der Waals surface area (Å²) >= 11 is 7.50. The Morgan fingerprint density at radius 1 is 1.12 bits per heavy atom. The predicted octanol–water partition coefficient (Wildman–Crippen LogP) is 5.21. The summed E-state index contributed by atoms with van der Waals surface area (Å²) < 4.78 is 0. The van der Waals surface area contributed by atoms with E-state index in [1.165, 1.54) is 11.3 Å². The number of nitrogens with one attached hydrogen (secondary N) is 2. The first-order valence-corrected chi connectivity index (χ1v) is 9.58. The molecule has 1 heterocycles. The number of carbonyl (C=O) groups excluding carboxylic acids is 2. The fourth-order valence-corrected chi connectivity index (χ4v) is 3.10. The second-order valence-electron chi connectivity index (χ2n) is 6.47. The highest BCUT2D eigenvalue weighted by Gasteiger charge is 2.14. The van der Waals surface area contributed by atoms with Crippen molar-refractivity contribution in [1.29, 1.82) is 0 Å². The summed E-state index contributed by atoms with van der Waals surface area (Å²) in [5, 5.41) is 7.98. The van der Waals surface area contributed by atoms with Crippen LogP contribution in [0, 0.1) is 5.92 Å². The zero-order valence-electron chi connectivity index (χ0n) is 14.6. The molecule has 0 aliphatic rings. The van der Waals surface area contributed by atoms with Gasteiger partial charge in [-0.15, -0.1) is 11.3 Å². The van der Waals surface area contributed by atoms with Crippen molar-refractivity contribution in [2.45, 2.75) is 39.7 Å². The Balaban J connectivity index is 2.04. The second-order valence-corrected chi connectivity index (χ2v) is 7.83. The minimum atomic E-state index is -0.236. The number of thiophene rings is 1. The van der Waals surface area contributed by atoms with E-state index >= 15 is 0 Å². The van der Waals surface area contributed by atoms with E-state index in [1.54, 1.807) is 24.3 Å². The zero-order chi connectivity index (χ0) is 18.4. The Kier molecular flexibility index (Phi) is 7.02. The van der Waals surface area contributed by atoms with E-state index in [1.807, 2.05) is 18.4 Å². The van der Waals surface area contributed by atoms with E-state index in [0.717, 1.165) is 12.8 Å². The molecule has 2 aromatic rings. The molecule has 0 spiro atoms. The van der Waals surface area contributed by atoms with Crippen LogP contribution in [0.15, 0.2) is 35.7 Å². The average molecular weight is 379 g/mol. The molecule has 0 aliphatic carbocycles. The van der Waals surface area contributed by atoms with Gasteiger partial charge in [-0.3, -0.25) is 9.59 Å². The number of carbonyl (C=O) groups is 2. The van der Waals surface area contributed by atoms with Crippen LogP contribution in [-0.2, 0) is 0 Å². The maximum absolute atomic E-state index is 12.4. The Hall–Kier alpha value is -1.85. The van der Waals surface area contributed by atoms with Crippen molar-refractivity contribution in [3.05, 3.63) is 51.2 Å². The molecule has 1 aromatic heterocycles. The standard InChI is InChI=1S/C19H23ClN2O2S/c1-12(2)6-7-13(3)21-18(23)14-8-9-15(20)16(11-14)22-19(24)17-5-4-10-25-17/h4-5,8-13H,6-7H2,1-3H3,(H,21,23)(H,22,24). The average Bonchev–Trinajstić information content (AvgIpc) is 3.09. The van der Waals surface area contributed by atoms with Crippen molar-refractivity contribution in [2.24, 2.45) is 5.92 Å². The molecule has 1 atom stereocenters. The Bertz CT molecular complexity index is 729. The fourth-order valence-electron chi connectivity index (χ4n) is 2.32. The van der Waals surface area contributed by atoms with Crippen molar-refractivity contribution in [3.63, 3.8) is 0 Å². The second kappa shape index (κ2) is 9.02. The van der Waals surface area contributed by atoms with Crippen molar-refractivity contribution in [2.75, 3.05) is 5.32 Å². The van der Waals surface area contributed by atoms with Gasteiger partial charge in [0, 0.05) is 11.6 Å².